The molecule has 0 spiro atoms. The lowest BCUT2D eigenvalue weighted by Gasteiger charge is -2.21. The highest BCUT2D eigenvalue weighted by Crippen LogP contribution is 2.35. The van der Waals surface area contributed by atoms with Crippen LogP contribution in [0, 0.1) is 0 Å². The molecular weight excluding hydrogens is 324 g/mol. The highest BCUT2D eigenvalue weighted by atomic mass is 79.9. The molecule has 0 unspecified atom stereocenters. The fourth-order valence-electron chi connectivity index (χ4n) is 2.66. The molecule has 2 heterocycles. The maximum Gasteiger partial charge on any atom is 0.299 e. The van der Waals surface area contributed by atoms with Gasteiger partial charge in [-0.05, 0) is 40.9 Å². The van der Waals surface area contributed by atoms with Gasteiger partial charge in [-0.15, -0.1) is 0 Å². The second-order valence-electron chi connectivity index (χ2n) is 4.94. The number of fused-ring (bicyclic) bond motifs is 1. The van der Waals surface area contributed by atoms with E-state index in [4.69, 9.17) is 0 Å². The van der Waals surface area contributed by atoms with E-state index >= 15 is 0 Å². The molecule has 104 valence electrons. The number of carbonyl (C=O) groups is 3. The van der Waals surface area contributed by atoms with Crippen LogP contribution in [-0.4, -0.2) is 42.1 Å². The molecule has 0 aliphatic carbocycles. The Labute approximate surface area is 124 Å². The number of halogens is 1. The fourth-order valence-corrected chi connectivity index (χ4v) is 3.25. The Hall–Kier alpha value is -1.69. The number of benzene rings is 1. The summed E-state index contributed by atoms with van der Waals surface area (Å²) in [6, 6.07) is 5.08. The average Bonchev–Trinajstić information content (AvgIpc) is 3.03. The molecule has 0 N–H and O–H groups in total. The summed E-state index contributed by atoms with van der Waals surface area (Å²) in [7, 11) is 0. The van der Waals surface area contributed by atoms with Crippen molar-refractivity contribution < 1.29 is 14.4 Å². The minimum atomic E-state index is -0.626. The molecule has 2 aliphatic rings. The van der Waals surface area contributed by atoms with Crippen LogP contribution < -0.4 is 4.90 Å². The summed E-state index contributed by atoms with van der Waals surface area (Å²) >= 11 is 3.35. The van der Waals surface area contributed by atoms with Gasteiger partial charge in [0.1, 0.15) is 6.54 Å². The molecule has 0 radical (unpaired) electrons. The first-order valence-electron chi connectivity index (χ1n) is 6.52. The van der Waals surface area contributed by atoms with E-state index in [-0.39, 0.29) is 12.5 Å². The minimum Gasteiger partial charge on any atom is -0.341 e. The standard InChI is InChI=1S/C14H13BrN2O3/c15-10-5-3-4-9-12(10)17(14(20)13(9)19)8-11(18)16-6-1-2-7-16/h3-5H,1-2,6-8H2. The van der Waals surface area contributed by atoms with E-state index in [9.17, 15) is 14.4 Å². The highest BCUT2D eigenvalue weighted by molar-refractivity contribution is 9.10. The number of nitrogens with zero attached hydrogens (tertiary/aromatic N) is 2. The molecule has 6 heteroatoms. The maximum atomic E-state index is 12.2. The number of rotatable bonds is 2. The topological polar surface area (TPSA) is 57.7 Å². The van der Waals surface area contributed by atoms with Crippen molar-refractivity contribution in [1.29, 1.82) is 0 Å². The van der Waals surface area contributed by atoms with Gasteiger partial charge >= 0.3 is 0 Å². The predicted octanol–water partition coefficient (Wildman–Crippen LogP) is 1.60. The number of para-hydroxylation sites is 1. The zero-order valence-electron chi connectivity index (χ0n) is 10.8. The van der Waals surface area contributed by atoms with Crippen LogP contribution in [0.3, 0.4) is 0 Å². The summed E-state index contributed by atoms with van der Waals surface area (Å²) < 4.78 is 0.656. The molecule has 1 aromatic rings. The lowest BCUT2D eigenvalue weighted by molar-refractivity contribution is -0.129. The highest BCUT2D eigenvalue weighted by Gasteiger charge is 2.38. The number of hydrogen-bond donors (Lipinski definition) is 0. The van der Waals surface area contributed by atoms with Crippen LogP contribution in [0.1, 0.15) is 23.2 Å². The summed E-state index contributed by atoms with van der Waals surface area (Å²) in [6.07, 6.45) is 2.00. The summed E-state index contributed by atoms with van der Waals surface area (Å²) in [5.74, 6) is -1.28. The van der Waals surface area contributed by atoms with Crippen molar-refractivity contribution >= 4 is 39.2 Å². The Morgan fingerprint density at radius 1 is 1.20 bits per heavy atom. The molecule has 0 bridgehead atoms. The zero-order valence-corrected chi connectivity index (χ0v) is 12.4. The Morgan fingerprint density at radius 3 is 2.60 bits per heavy atom. The van der Waals surface area contributed by atoms with Gasteiger partial charge in [0.2, 0.25) is 5.91 Å². The van der Waals surface area contributed by atoms with E-state index in [0.29, 0.717) is 15.7 Å². The molecule has 1 saturated heterocycles. The molecule has 0 atom stereocenters. The molecule has 0 aromatic heterocycles. The average molecular weight is 337 g/mol. The molecule has 1 fully saturated rings. The first-order valence-corrected chi connectivity index (χ1v) is 7.31. The molecule has 2 aliphatic heterocycles. The third-order valence-electron chi connectivity index (χ3n) is 3.69. The summed E-state index contributed by atoms with van der Waals surface area (Å²) in [4.78, 5) is 39.2. The zero-order chi connectivity index (χ0) is 14.3. The third kappa shape index (κ3) is 2.04. The van der Waals surface area contributed by atoms with Crippen molar-refractivity contribution in [3.05, 3.63) is 28.2 Å². The first kappa shape index (κ1) is 13.3. The SMILES string of the molecule is O=C1C(=O)N(CC(=O)N2CCCC2)c2c(Br)cccc21. The van der Waals surface area contributed by atoms with Crippen molar-refractivity contribution in [3.8, 4) is 0 Å². The van der Waals surface area contributed by atoms with Gasteiger partial charge in [-0.2, -0.15) is 0 Å². The summed E-state index contributed by atoms with van der Waals surface area (Å²) in [5, 5.41) is 0. The Kier molecular flexibility index (Phi) is 3.33. The predicted molar refractivity (Wildman–Crippen MR) is 76.6 cm³/mol. The van der Waals surface area contributed by atoms with E-state index in [2.05, 4.69) is 15.9 Å². The number of likely N-dealkylation sites (tertiary alicyclic amines) is 1. The van der Waals surface area contributed by atoms with E-state index in [1.807, 2.05) is 0 Å². The van der Waals surface area contributed by atoms with Crippen molar-refractivity contribution in [1.82, 2.24) is 4.90 Å². The van der Waals surface area contributed by atoms with Crippen LogP contribution in [0.15, 0.2) is 22.7 Å². The van der Waals surface area contributed by atoms with E-state index in [1.54, 1.807) is 23.1 Å². The van der Waals surface area contributed by atoms with Gasteiger partial charge in [0.25, 0.3) is 11.7 Å². The first-order chi connectivity index (χ1) is 9.59. The number of Topliss-reactive ketones (excluding diaryl/α,β-unsaturated/α-hetero) is 1. The molecule has 5 nitrogen and oxygen atoms in total. The number of hydrogen-bond acceptors (Lipinski definition) is 3. The van der Waals surface area contributed by atoms with Crippen LogP contribution in [0.5, 0.6) is 0 Å². The molecule has 1 aromatic carbocycles. The van der Waals surface area contributed by atoms with Crippen LogP contribution in [0.25, 0.3) is 0 Å². The lowest BCUT2D eigenvalue weighted by atomic mass is 10.1. The molecule has 20 heavy (non-hydrogen) atoms. The van der Waals surface area contributed by atoms with Gasteiger partial charge < -0.3 is 4.90 Å². The summed E-state index contributed by atoms with van der Waals surface area (Å²) in [6.45, 7) is 1.40. The van der Waals surface area contributed by atoms with Crippen LogP contribution in [0.2, 0.25) is 0 Å². The molecular formula is C14H13BrN2O3. The Bertz CT molecular complexity index is 608. The van der Waals surface area contributed by atoms with Crippen molar-refractivity contribution in [2.24, 2.45) is 0 Å². The van der Waals surface area contributed by atoms with Crippen LogP contribution >= 0.6 is 15.9 Å². The van der Waals surface area contributed by atoms with Crippen LogP contribution in [0.4, 0.5) is 5.69 Å². The second kappa shape index (κ2) is 5.01. The smallest absolute Gasteiger partial charge is 0.299 e. The minimum absolute atomic E-state index is 0.0693. The normalized spacial score (nSPS) is 17.9. The van der Waals surface area contributed by atoms with Gasteiger partial charge in [0.15, 0.2) is 0 Å². The Balaban J connectivity index is 1.89. The monoisotopic (exact) mass is 336 g/mol. The molecule has 2 amide bonds. The Morgan fingerprint density at radius 2 is 1.90 bits per heavy atom. The van der Waals surface area contributed by atoms with Crippen molar-refractivity contribution in [2.45, 2.75) is 12.8 Å². The van der Waals surface area contributed by atoms with Gasteiger partial charge in [-0.25, -0.2) is 0 Å². The fraction of sp³-hybridized carbons (Fsp3) is 0.357. The molecule has 3 rings (SSSR count). The largest absolute Gasteiger partial charge is 0.341 e. The second-order valence-corrected chi connectivity index (χ2v) is 5.80. The number of amides is 2. The van der Waals surface area contributed by atoms with E-state index in [0.717, 1.165) is 25.9 Å². The van der Waals surface area contributed by atoms with Gasteiger partial charge in [0.05, 0.1) is 11.3 Å². The van der Waals surface area contributed by atoms with E-state index < -0.39 is 11.7 Å². The number of carbonyl (C=O) groups excluding carboxylic acids is 3. The quantitative estimate of drug-likeness (QED) is 0.771. The van der Waals surface area contributed by atoms with Crippen molar-refractivity contribution in [3.63, 3.8) is 0 Å². The maximum absolute atomic E-state index is 12.2. The van der Waals surface area contributed by atoms with Crippen molar-refractivity contribution in [2.75, 3.05) is 24.5 Å². The number of ketones is 1. The third-order valence-corrected chi connectivity index (χ3v) is 4.33. The van der Waals surface area contributed by atoms with E-state index in [1.165, 1.54) is 4.90 Å². The molecule has 0 saturated carbocycles. The van der Waals surface area contributed by atoms with Gasteiger partial charge in [0, 0.05) is 17.6 Å². The van der Waals surface area contributed by atoms with Gasteiger partial charge in [-0.1, -0.05) is 6.07 Å². The van der Waals surface area contributed by atoms with Gasteiger partial charge in [-0.3, -0.25) is 19.3 Å². The number of anilines is 1. The summed E-state index contributed by atoms with van der Waals surface area (Å²) in [5.41, 5.74) is 0.869. The lowest BCUT2D eigenvalue weighted by Crippen LogP contribution is -2.41. The van der Waals surface area contributed by atoms with Crippen LogP contribution in [-0.2, 0) is 9.59 Å².